The van der Waals surface area contributed by atoms with Crippen LogP contribution in [0.4, 0.5) is 5.69 Å². The first-order valence-corrected chi connectivity index (χ1v) is 8.01. The van der Waals surface area contributed by atoms with Gasteiger partial charge in [0.15, 0.2) is 16.0 Å². The Balaban J connectivity index is 1.62. The maximum absolute atomic E-state index is 12.1. The highest BCUT2D eigenvalue weighted by molar-refractivity contribution is 9.10. The number of furan rings is 1. The van der Waals surface area contributed by atoms with Gasteiger partial charge in [-0.25, -0.2) is 4.98 Å². The van der Waals surface area contributed by atoms with Crippen molar-refractivity contribution in [2.45, 2.75) is 0 Å². The summed E-state index contributed by atoms with van der Waals surface area (Å²) < 4.78 is 11.5. The van der Waals surface area contributed by atoms with Crippen molar-refractivity contribution in [1.82, 2.24) is 4.98 Å². The van der Waals surface area contributed by atoms with Gasteiger partial charge in [0, 0.05) is 11.3 Å². The molecule has 118 valence electrons. The van der Waals surface area contributed by atoms with Gasteiger partial charge in [0.25, 0.3) is 5.91 Å². The van der Waals surface area contributed by atoms with Crippen molar-refractivity contribution in [3.63, 3.8) is 0 Å². The highest BCUT2D eigenvalue weighted by Gasteiger charge is 2.13. The van der Waals surface area contributed by atoms with E-state index in [1.54, 1.807) is 30.3 Å². The number of hydrogen-bond donors (Lipinski definition) is 1. The van der Waals surface area contributed by atoms with Gasteiger partial charge in [-0.05, 0) is 58.4 Å². The molecule has 0 fully saturated rings. The summed E-state index contributed by atoms with van der Waals surface area (Å²) in [6.07, 6.45) is 0. The lowest BCUT2D eigenvalue weighted by Crippen LogP contribution is -2.10. The van der Waals surface area contributed by atoms with Crippen molar-refractivity contribution in [1.29, 1.82) is 0 Å². The van der Waals surface area contributed by atoms with Gasteiger partial charge < -0.3 is 14.2 Å². The standard InChI is InChI=1S/C18H11BrN2O3/c19-16-9-8-15(23-16)17(22)20-12-6-7-14-13(10-12)21-18(24-14)11-4-2-1-3-5-11/h1-10H,(H,20,22). The van der Waals surface area contributed by atoms with Crippen LogP contribution in [0.3, 0.4) is 0 Å². The number of oxazole rings is 1. The molecule has 0 spiro atoms. The summed E-state index contributed by atoms with van der Waals surface area (Å²) in [7, 11) is 0. The van der Waals surface area contributed by atoms with Gasteiger partial charge in [0.1, 0.15) is 5.52 Å². The van der Waals surface area contributed by atoms with Gasteiger partial charge in [-0.3, -0.25) is 4.79 Å². The van der Waals surface area contributed by atoms with E-state index in [0.717, 1.165) is 5.56 Å². The quantitative estimate of drug-likeness (QED) is 0.534. The average Bonchev–Trinajstić information content (AvgIpc) is 3.21. The summed E-state index contributed by atoms with van der Waals surface area (Å²) in [6, 6.07) is 18.2. The molecule has 2 heterocycles. The monoisotopic (exact) mass is 382 g/mol. The number of hydrogen-bond acceptors (Lipinski definition) is 4. The topological polar surface area (TPSA) is 68.3 Å². The lowest BCUT2D eigenvalue weighted by atomic mass is 10.2. The van der Waals surface area contributed by atoms with Crippen molar-refractivity contribution >= 4 is 38.6 Å². The van der Waals surface area contributed by atoms with E-state index in [0.29, 0.717) is 27.3 Å². The number of amides is 1. The van der Waals surface area contributed by atoms with Crippen LogP contribution < -0.4 is 5.32 Å². The van der Waals surface area contributed by atoms with E-state index >= 15 is 0 Å². The lowest BCUT2D eigenvalue weighted by molar-refractivity contribution is 0.0995. The zero-order chi connectivity index (χ0) is 16.5. The molecule has 24 heavy (non-hydrogen) atoms. The molecule has 0 bridgehead atoms. The number of halogens is 1. The number of rotatable bonds is 3. The molecule has 1 N–H and O–H groups in total. The maximum atomic E-state index is 12.1. The Labute approximate surface area is 145 Å². The van der Waals surface area contributed by atoms with Gasteiger partial charge in [0.2, 0.25) is 5.89 Å². The predicted molar refractivity (Wildman–Crippen MR) is 93.8 cm³/mol. The minimum atomic E-state index is -0.327. The second-order valence-electron chi connectivity index (χ2n) is 5.13. The molecule has 1 amide bonds. The van der Waals surface area contributed by atoms with E-state index in [-0.39, 0.29) is 11.7 Å². The normalized spacial score (nSPS) is 10.9. The molecule has 0 saturated carbocycles. The third kappa shape index (κ3) is 2.83. The molecular formula is C18H11BrN2O3. The summed E-state index contributed by atoms with van der Waals surface area (Å²) in [4.78, 5) is 16.6. The Morgan fingerprint density at radius 1 is 1.00 bits per heavy atom. The van der Waals surface area contributed by atoms with Crippen molar-refractivity contribution in [2.75, 3.05) is 5.32 Å². The number of nitrogens with one attached hydrogen (secondary N) is 1. The van der Waals surface area contributed by atoms with E-state index in [2.05, 4.69) is 26.2 Å². The van der Waals surface area contributed by atoms with E-state index < -0.39 is 0 Å². The van der Waals surface area contributed by atoms with E-state index in [1.165, 1.54) is 0 Å². The smallest absolute Gasteiger partial charge is 0.291 e. The van der Waals surface area contributed by atoms with Crippen molar-refractivity contribution < 1.29 is 13.6 Å². The molecule has 0 aliphatic carbocycles. The molecule has 0 unspecified atom stereocenters. The fourth-order valence-corrected chi connectivity index (χ4v) is 2.64. The fourth-order valence-electron chi connectivity index (χ4n) is 2.34. The van der Waals surface area contributed by atoms with Crippen LogP contribution in [-0.2, 0) is 0 Å². The molecule has 4 aromatic rings. The highest BCUT2D eigenvalue weighted by Crippen LogP contribution is 2.26. The lowest BCUT2D eigenvalue weighted by Gasteiger charge is -2.02. The van der Waals surface area contributed by atoms with Crippen LogP contribution >= 0.6 is 15.9 Å². The Kier molecular flexibility index (Phi) is 3.66. The summed E-state index contributed by atoms with van der Waals surface area (Å²) in [5, 5.41) is 2.78. The molecule has 0 atom stereocenters. The van der Waals surface area contributed by atoms with Crippen molar-refractivity contribution in [3.8, 4) is 11.5 Å². The van der Waals surface area contributed by atoms with Crippen LogP contribution in [0.25, 0.3) is 22.6 Å². The average molecular weight is 383 g/mol. The Bertz CT molecular complexity index is 1020. The third-order valence-corrected chi connectivity index (χ3v) is 3.89. The van der Waals surface area contributed by atoms with Crippen LogP contribution in [0.2, 0.25) is 0 Å². The van der Waals surface area contributed by atoms with Gasteiger partial charge in [-0.2, -0.15) is 0 Å². The molecule has 0 aliphatic heterocycles. The SMILES string of the molecule is O=C(Nc1ccc2oc(-c3ccccc3)nc2c1)c1ccc(Br)o1. The maximum Gasteiger partial charge on any atom is 0.291 e. The second kappa shape index (κ2) is 5.98. The summed E-state index contributed by atoms with van der Waals surface area (Å²) in [5.41, 5.74) is 2.85. The number of carbonyl (C=O) groups is 1. The third-order valence-electron chi connectivity index (χ3n) is 3.46. The molecule has 2 aromatic heterocycles. The summed E-state index contributed by atoms with van der Waals surface area (Å²) in [6.45, 7) is 0. The predicted octanol–water partition coefficient (Wildman–Crippen LogP) is 5.10. The van der Waals surface area contributed by atoms with Gasteiger partial charge >= 0.3 is 0 Å². The first kappa shape index (κ1) is 14.7. The Morgan fingerprint density at radius 3 is 2.58 bits per heavy atom. The number of nitrogens with zero attached hydrogens (tertiary/aromatic N) is 1. The van der Waals surface area contributed by atoms with Crippen molar-refractivity contribution in [2.24, 2.45) is 0 Å². The molecule has 4 rings (SSSR count). The number of anilines is 1. The Morgan fingerprint density at radius 2 is 1.83 bits per heavy atom. The first-order valence-electron chi connectivity index (χ1n) is 7.22. The first-order chi connectivity index (χ1) is 11.7. The van der Waals surface area contributed by atoms with Crippen LogP contribution in [0.1, 0.15) is 10.6 Å². The molecule has 5 nitrogen and oxygen atoms in total. The largest absolute Gasteiger partial charge is 0.444 e. The van der Waals surface area contributed by atoms with Crippen LogP contribution in [0, 0.1) is 0 Å². The van der Waals surface area contributed by atoms with Gasteiger partial charge in [-0.15, -0.1) is 0 Å². The fraction of sp³-hybridized carbons (Fsp3) is 0. The van der Waals surface area contributed by atoms with Gasteiger partial charge in [0.05, 0.1) is 0 Å². The van der Waals surface area contributed by atoms with Crippen molar-refractivity contribution in [3.05, 3.63) is 71.1 Å². The second-order valence-corrected chi connectivity index (χ2v) is 5.91. The van der Waals surface area contributed by atoms with Crippen LogP contribution in [0.15, 0.2) is 74.2 Å². The molecule has 2 aromatic carbocycles. The molecule has 6 heteroatoms. The van der Waals surface area contributed by atoms with E-state index in [1.807, 2.05) is 30.3 Å². The Hall–Kier alpha value is -2.86. The zero-order valence-electron chi connectivity index (χ0n) is 12.3. The minimum absolute atomic E-state index is 0.229. The summed E-state index contributed by atoms with van der Waals surface area (Å²) in [5.74, 6) is 0.447. The summed E-state index contributed by atoms with van der Waals surface area (Å²) >= 11 is 3.17. The number of benzene rings is 2. The molecular weight excluding hydrogens is 372 g/mol. The number of fused-ring (bicyclic) bond motifs is 1. The number of carbonyl (C=O) groups excluding carboxylic acids is 1. The number of aromatic nitrogens is 1. The molecule has 0 aliphatic rings. The van der Waals surface area contributed by atoms with Gasteiger partial charge in [-0.1, -0.05) is 18.2 Å². The zero-order valence-corrected chi connectivity index (χ0v) is 13.9. The van der Waals surface area contributed by atoms with E-state index in [9.17, 15) is 4.79 Å². The highest BCUT2D eigenvalue weighted by atomic mass is 79.9. The van der Waals surface area contributed by atoms with Crippen LogP contribution in [-0.4, -0.2) is 10.9 Å². The molecule has 0 saturated heterocycles. The van der Waals surface area contributed by atoms with Crippen LogP contribution in [0.5, 0.6) is 0 Å². The minimum Gasteiger partial charge on any atom is -0.444 e. The van der Waals surface area contributed by atoms with E-state index in [4.69, 9.17) is 8.83 Å². The molecule has 0 radical (unpaired) electrons.